The Morgan fingerprint density at radius 2 is 1.26 bits per heavy atom. The van der Waals surface area contributed by atoms with Crippen LogP contribution < -0.4 is 21.1 Å². The van der Waals surface area contributed by atoms with E-state index in [1.54, 1.807) is 0 Å². The topological polar surface area (TPSA) is 28.4 Å². The second-order valence-electron chi connectivity index (χ2n) is 20.7. The van der Waals surface area contributed by atoms with Crippen molar-refractivity contribution in [3.8, 4) is 22.3 Å². The Morgan fingerprint density at radius 3 is 2.05 bits per heavy atom. The third-order valence-corrected chi connectivity index (χ3v) is 16.0. The molecule has 1 spiro atoms. The fourth-order valence-corrected chi connectivity index (χ4v) is 12.7. The molecule has 0 bridgehead atoms. The van der Waals surface area contributed by atoms with Crippen LogP contribution in [0.4, 0.5) is 28.4 Å². The molecule has 0 saturated heterocycles. The summed E-state index contributed by atoms with van der Waals surface area (Å²) in [6, 6.07) is 59.7. The van der Waals surface area contributed by atoms with Gasteiger partial charge in [-0.2, -0.15) is 0 Å². The lowest BCUT2D eigenvalue weighted by atomic mass is 9.54. The summed E-state index contributed by atoms with van der Waals surface area (Å²) < 4.78 is 6.65. The molecule has 1 radical (unpaired) electrons. The van der Waals surface area contributed by atoms with Gasteiger partial charge in [0, 0.05) is 28.0 Å². The lowest BCUT2D eigenvalue weighted by molar-refractivity contribution is 0.332. The Labute approximate surface area is 389 Å². The van der Waals surface area contributed by atoms with Crippen LogP contribution in [0.25, 0.3) is 44.2 Å². The van der Waals surface area contributed by atoms with Gasteiger partial charge in [0.1, 0.15) is 11.2 Å². The second kappa shape index (κ2) is 14.4. The molecule has 9 aromatic rings. The quantitative estimate of drug-likeness (QED) is 0.128. The summed E-state index contributed by atoms with van der Waals surface area (Å²) in [6.45, 7) is 12.0. The normalized spacial score (nSPS) is 16.2. The van der Waals surface area contributed by atoms with Gasteiger partial charge in [0.2, 0.25) is 0 Å². The maximum absolute atomic E-state index is 6.65. The SMILES string of the molecule is CCCCCc1cc(-c2ccc3oc4ccccc4c3c2Nc2ccc3c(c2)C(C)(C)CCC3(C)C)c2c(c1)N1c3ccccc3C3(c4ccccc4-c4ccccc43)c3cccc(c31)[B]2. The van der Waals surface area contributed by atoms with Crippen molar-refractivity contribution < 1.29 is 4.42 Å². The summed E-state index contributed by atoms with van der Waals surface area (Å²) >= 11 is 0. The van der Waals surface area contributed by atoms with E-state index in [0.717, 1.165) is 46.2 Å². The minimum absolute atomic E-state index is 0.0821. The Morgan fingerprint density at radius 1 is 0.561 bits per heavy atom. The van der Waals surface area contributed by atoms with Crippen LogP contribution in [0.15, 0.2) is 162 Å². The zero-order chi connectivity index (χ0) is 44.5. The van der Waals surface area contributed by atoms with Crippen LogP contribution >= 0.6 is 0 Å². The highest BCUT2D eigenvalue weighted by Crippen LogP contribution is 2.63. The molecule has 66 heavy (non-hydrogen) atoms. The van der Waals surface area contributed by atoms with Crippen molar-refractivity contribution >= 4 is 68.6 Å². The van der Waals surface area contributed by atoms with E-state index < -0.39 is 5.41 Å². The molecule has 3 nitrogen and oxygen atoms in total. The summed E-state index contributed by atoms with van der Waals surface area (Å²) in [4.78, 5) is 2.63. The summed E-state index contributed by atoms with van der Waals surface area (Å²) in [5, 5.41) is 6.37. The first-order chi connectivity index (χ1) is 32.2. The third-order valence-electron chi connectivity index (χ3n) is 16.0. The molecule has 321 valence electrons. The van der Waals surface area contributed by atoms with Crippen molar-refractivity contribution in [1.29, 1.82) is 0 Å². The largest absolute Gasteiger partial charge is 0.456 e. The lowest BCUT2D eigenvalue weighted by Crippen LogP contribution is -2.47. The number of rotatable bonds is 7. The number of fused-ring (bicyclic) bond motifs is 15. The molecule has 13 rings (SSSR count). The number of aryl methyl sites for hydroxylation is 1. The molecular formula is C62H54BN2O. The second-order valence-corrected chi connectivity index (χ2v) is 20.7. The molecule has 0 amide bonds. The minimum Gasteiger partial charge on any atom is -0.456 e. The van der Waals surface area contributed by atoms with Gasteiger partial charge in [-0.3, -0.25) is 0 Å². The van der Waals surface area contributed by atoms with E-state index in [0.29, 0.717) is 0 Å². The Hall–Kier alpha value is -6.78. The van der Waals surface area contributed by atoms with E-state index in [4.69, 9.17) is 4.42 Å². The van der Waals surface area contributed by atoms with Gasteiger partial charge in [-0.1, -0.05) is 168 Å². The number of benzene rings is 8. The fourth-order valence-electron chi connectivity index (χ4n) is 12.7. The van der Waals surface area contributed by atoms with Gasteiger partial charge in [0.25, 0.3) is 0 Å². The molecular weight excluding hydrogens is 800 g/mol. The fraction of sp³-hybridized carbons (Fsp3) is 0.226. The molecule has 0 fully saturated rings. The molecule has 0 atom stereocenters. The molecule has 4 heteroatoms. The van der Waals surface area contributed by atoms with Crippen LogP contribution in [0.3, 0.4) is 0 Å². The van der Waals surface area contributed by atoms with Gasteiger partial charge >= 0.3 is 0 Å². The first-order valence-corrected chi connectivity index (χ1v) is 24.3. The standard InChI is InChI=1S/C62H54BN2O/c1-6-7-8-18-38-35-44(42-30-32-55-56(43-21-11-16-28-54(43)66-55)58(42)64-39-29-31-47-50(37-39)61(4,5)34-33-60(47,2)3)57-53(36-38)65-52-27-15-14-24-48(52)62(49-25-17-26-51(63-57)59(49)65)45-22-12-9-19-40(45)41-20-10-13-23-46(41)62/h9-17,19-32,35-37,64H,6-8,18,33-34H2,1-5H3. The molecule has 0 saturated carbocycles. The molecule has 1 aromatic heterocycles. The van der Waals surface area contributed by atoms with Crippen molar-refractivity contribution in [2.45, 2.75) is 89.4 Å². The van der Waals surface area contributed by atoms with Crippen LogP contribution in [0.5, 0.6) is 0 Å². The van der Waals surface area contributed by atoms with E-state index in [2.05, 4.69) is 210 Å². The van der Waals surface area contributed by atoms with Crippen molar-refractivity contribution in [2.24, 2.45) is 0 Å². The van der Waals surface area contributed by atoms with E-state index in [1.165, 1.54) is 115 Å². The zero-order valence-electron chi connectivity index (χ0n) is 38.7. The van der Waals surface area contributed by atoms with Gasteiger partial charge in [0.05, 0.1) is 22.2 Å². The molecule has 4 aliphatic rings. The predicted octanol–water partition coefficient (Wildman–Crippen LogP) is 15.2. The number of nitrogens with zero attached hydrogens (tertiary/aromatic N) is 1. The highest BCUT2D eigenvalue weighted by molar-refractivity contribution is 6.73. The smallest absolute Gasteiger partial charge is 0.197 e. The first kappa shape index (κ1) is 39.6. The van der Waals surface area contributed by atoms with Gasteiger partial charge < -0.3 is 14.6 Å². The number of anilines is 5. The van der Waals surface area contributed by atoms with Crippen molar-refractivity contribution in [3.63, 3.8) is 0 Å². The summed E-state index contributed by atoms with van der Waals surface area (Å²) in [5.74, 6) is 0. The van der Waals surface area contributed by atoms with Crippen molar-refractivity contribution in [3.05, 3.63) is 197 Å². The summed E-state index contributed by atoms with van der Waals surface area (Å²) in [7, 11) is 2.50. The van der Waals surface area contributed by atoms with Gasteiger partial charge in [-0.25, -0.2) is 0 Å². The van der Waals surface area contributed by atoms with E-state index in [-0.39, 0.29) is 10.8 Å². The molecule has 3 heterocycles. The van der Waals surface area contributed by atoms with Crippen LogP contribution in [-0.2, 0) is 22.7 Å². The van der Waals surface area contributed by atoms with Gasteiger partial charge in [-0.05, 0) is 140 Å². The van der Waals surface area contributed by atoms with Crippen molar-refractivity contribution in [2.75, 3.05) is 10.2 Å². The Kier molecular flexibility index (Phi) is 8.61. The number of furan rings is 1. The maximum Gasteiger partial charge on any atom is 0.197 e. The lowest BCUT2D eigenvalue weighted by Gasteiger charge is -2.48. The Balaban J connectivity index is 1.07. The monoisotopic (exact) mass is 853 g/mol. The van der Waals surface area contributed by atoms with Crippen LogP contribution in [0, 0.1) is 0 Å². The number of hydrogen-bond donors (Lipinski definition) is 1. The van der Waals surface area contributed by atoms with E-state index >= 15 is 0 Å². The molecule has 1 N–H and O–H groups in total. The Bertz CT molecular complexity index is 3430. The average molecular weight is 854 g/mol. The zero-order valence-corrected chi connectivity index (χ0v) is 38.7. The summed E-state index contributed by atoms with van der Waals surface area (Å²) in [5.41, 5.74) is 24.7. The molecule has 2 aliphatic heterocycles. The van der Waals surface area contributed by atoms with Crippen molar-refractivity contribution in [1.82, 2.24) is 0 Å². The number of nitrogens with one attached hydrogen (secondary N) is 1. The minimum atomic E-state index is -0.457. The first-order valence-electron chi connectivity index (χ1n) is 24.3. The van der Waals surface area contributed by atoms with E-state index in [1.807, 2.05) is 0 Å². The summed E-state index contributed by atoms with van der Waals surface area (Å²) in [6.07, 6.45) is 6.89. The molecule has 8 aromatic carbocycles. The van der Waals surface area contributed by atoms with Crippen LogP contribution in [0.1, 0.15) is 106 Å². The molecule has 0 unspecified atom stereocenters. The number of para-hydroxylation sites is 3. The van der Waals surface area contributed by atoms with Crippen LogP contribution in [0.2, 0.25) is 0 Å². The highest BCUT2D eigenvalue weighted by Gasteiger charge is 2.53. The average Bonchev–Trinajstić information content (AvgIpc) is 3.86. The number of hydrogen-bond acceptors (Lipinski definition) is 3. The maximum atomic E-state index is 6.65. The molecule has 2 aliphatic carbocycles. The third kappa shape index (κ3) is 5.51. The van der Waals surface area contributed by atoms with Crippen LogP contribution in [-0.4, -0.2) is 7.28 Å². The highest BCUT2D eigenvalue weighted by atomic mass is 16.3. The number of unbranched alkanes of at least 4 members (excludes halogenated alkanes) is 2. The van der Waals surface area contributed by atoms with Gasteiger partial charge in [0.15, 0.2) is 7.28 Å². The van der Waals surface area contributed by atoms with Gasteiger partial charge in [-0.15, -0.1) is 0 Å². The van der Waals surface area contributed by atoms with E-state index in [9.17, 15) is 0 Å². The predicted molar refractivity (Wildman–Crippen MR) is 278 cm³/mol.